The summed E-state index contributed by atoms with van der Waals surface area (Å²) in [4.78, 5) is 34.6. The zero-order valence-electron chi connectivity index (χ0n) is 17.5. The number of Topliss-reactive ketones (excluding diaryl/α,β-unsaturated/α-hetero) is 1. The van der Waals surface area contributed by atoms with Crippen LogP contribution < -0.4 is 10.6 Å². The quantitative estimate of drug-likeness (QED) is 0.344. The summed E-state index contributed by atoms with van der Waals surface area (Å²) in [5.41, 5.74) is 2.30. The number of hydrogen-bond donors (Lipinski definition) is 4. The lowest BCUT2D eigenvalue weighted by molar-refractivity contribution is -0.139. The van der Waals surface area contributed by atoms with E-state index in [2.05, 4.69) is 10.6 Å². The lowest BCUT2D eigenvalue weighted by atomic mass is 10.1. The molecule has 2 aromatic rings. The minimum absolute atomic E-state index is 0.0627. The van der Waals surface area contributed by atoms with Gasteiger partial charge in [-0.3, -0.25) is 19.7 Å². The van der Waals surface area contributed by atoms with E-state index >= 15 is 0 Å². The standard InChI is InChI=1S/C24H30N2O5/c27-17-21(28)10-6-1-2-7-11-22(29)26-20-14-12-18(13-15-20)16-25-23(24(30)31)19-8-4-3-5-9-19/h3-5,8-9,12-15,23,25,27H,1-2,6-7,10-11,16-17H2,(H,26,29)(H,30,31)/t23-/m1/s1. The number of aliphatic hydroxyl groups is 1. The minimum atomic E-state index is -0.935. The zero-order chi connectivity index (χ0) is 22.5. The van der Waals surface area contributed by atoms with Gasteiger partial charge in [0.15, 0.2) is 5.78 Å². The largest absolute Gasteiger partial charge is 0.480 e. The van der Waals surface area contributed by atoms with Crippen molar-refractivity contribution < 1.29 is 24.6 Å². The molecule has 0 aromatic heterocycles. The Morgan fingerprint density at radius 3 is 2.10 bits per heavy atom. The maximum absolute atomic E-state index is 12.1. The molecule has 2 aromatic carbocycles. The van der Waals surface area contributed by atoms with E-state index in [1.807, 2.05) is 30.3 Å². The number of ketones is 1. The Hall–Kier alpha value is -3.03. The van der Waals surface area contributed by atoms with E-state index in [4.69, 9.17) is 5.11 Å². The molecule has 0 heterocycles. The maximum Gasteiger partial charge on any atom is 0.325 e. The number of anilines is 1. The van der Waals surface area contributed by atoms with Crippen LogP contribution in [0.4, 0.5) is 5.69 Å². The van der Waals surface area contributed by atoms with E-state index < -0.39 is 18.6 Å². The van der Waals surface area contributed by atoms with Gasteiger partial charge >= 0.3 is 5.97 Å². The fourth-order valence-corrected chi connectivity index (χ4v) is 3.18. The molecule has 31 heavy (non-hydrogen) atoms. The Bertz CT molecular complexity index is 837. The third-order valence-electron chi connectivity index (χ3n) is 4.91. The number of rotatable bonds is 14. The number of carboxylic acid groups (broad SMARTS) is 1. The van der Waals surface area contributed by atoms with E-state index in [-0.39, 0.29) is 11.7 Å². The van der Waals surface area contributed by atoms with Crippen molar-refractivity contribution in [2.24, 2.45) is 0 Å². The van der Waals surface area contributed by atoms with Crippen molar-refractivity contribution in [2.75, 3.05) is 11.9 Å². The second kappa shape index (κ2) is 13.3. The molecular weight excluding hydrogens is 396 g/mol. The summed E-state index contributed by atoms with van der Waals surface area (Å²) in [7, 11) is 0. The molecule has 0 unspecified atom stereocenters. The first-order valence-corrected chi connectivity index (χ1v) is 10.5. The summed E-state index contributed by atoms with van der Waals surface area (Å²) < 4.78 is 0. The van der Waals surface area contributed by atoms with Gasteiger partial charge in [-0.25, -0.2) is 0 Å². The molecule has 1 amide bonds. The number of hydrogen-bond acceptors (Lipinski definition) is 5. The Balaban J connectivity index is 1.72. The Kier molecular flexibility index (Phi) is 10.4. The number of carbonyl (C=O) groups is 3. The van der Waals surface area contributed by atoms with E-state index in [0.717, 1.165) is 31.2 Å². The summed E-state index contributed by atoms with van der Waals surface area (Å²) in [5.74, 6) is -1.14. The molecule has 0 spiro atoms. The molecule has 0 fully saturated rings. The molecule has 0 bridgehead atoms. The molecule has 0 saturated heterocycles. The van der Waals surface area contributed by atoms with Crippen molar-refractivity contribution >= 4 is 23.3 Å². The molecule has 0 aliphatic carbocycles. The van der Waals surface area contributed by atoms with Gasteiger partial charge in [-0.1, -0.05) is 55.3 Å². The van der Waals surface area contributed by atoms with Crippen LogP contribution in [-0.4, -0.2) is 34.5 Å². The molecule has 2 rings (SSSR count). The highest BCUT2D eigenvalue weighted by molar-refractivity contribution is 5.90. The van der Waals surface area contributed by atoms with Crippen molar-refractivity contribution in [2.45, 2.75) is 51.1 Å². The highest BCUT2D eigenvalue weighted by atomic mass is 16.4. The van der Waals surface area contributed by atoms with Gasteiger partial charge in [0, 0.05) is 25.1 Å². The van der Waals surface area contributed by atoms with Gasteiger partial charge in [0.05, 0.1) is 0 Å². The summed E-state index contributed by atoms with van der Waals surface area (Å²) in [6.07, 6.45) is 4.02. The van der Waals surface area contributed by atoms with Gasteiger partial charge in [0.1, 0.15) is 12.6 Å². The van der Waals surface area contributed by atoms with Crippen molar-refractivity contribution in [3.8, 4) is 0 Å². The second-order valence-electron chi connectivity index (χ2n) is 7.42. The van der Waals surface area contributed by atoms with Crippen LogP contribution in [0.1, 0.15) is 55.7 Å². The predicted molar refractivity (Wildman–Crippen MR) is 119 cm³/mol. The SMILES string of the molecule is O=C(CO)CCCCCCC(=O)Nc1ccc(CN[C@@H](C(=O)O)c2ccccc2)cc1. The van der Waals surface area contributed by atoms with Crippen LogP contribution in [0.5, 0.6) is 0 Å². The first kappa shape index (κ1) is 24.2. The fraction of sp³-hybridized carbons (Fsp3) is 0.375. The van der Waals surface area contributed by atoms with Crippen molar-refractivity contribution in [3.63, 3.8) is 0 Å². The lowest BCUT2D eigenvalue weighted by Crippen LogP contribution is -2.28. The summed E-state index contributed by atoms with van der Waals surface area (Å²) in [5, 5.41) is 24.0. The van der Waals surface area contributed by atoms with E-state index in [9.17, 15) is 19.5 Å². The van der Waals surface area contributed by atoms with Crippen LogP contribution in [0, 0.1) is 0 Å². The third kappa shape index (κ3) is 9.11. The summed E-state index contributed by atoms with van der Waals surface area (Å²) >= 11 is 0. The number of aliphatic hydroxyl groups excluding tert-OH is 1. The van der Waals surface area contributed by atoms with Gasteiger partial charge in [0.2, 0.25) is 5.91 Å². The number of carboxylic acids is 1. The third-order valence-corrected chi connectivity index (χ3v) is 4.91. The minimum Gasteiger partial charge on any atom is -0.480 e. The van der Waals surface area contributed by atoms with E-state index in [0.29, 0.717) is 30.6 Å². The van der Waals surface area contributed by atoms with Crippen molar-refractivity contribution in [1.82, 2.24) is 5.32 Å². The smallest absolute Gasteiger partial charge is 0.325 e. The molecule has 0 aliphatic heterocycles. The average molecular weight is 427 g/mol. The van der Waals surface area contributed by atoms with Gasteiger partial charge in [-0.05, 0) is 36.1 Å². The fourth-order valence-electron chi connectivity index (χ4n) is 3.18. The highest BCUT2D eigenvalue weighted by Crippen LogP contribution is 2.15. The maximum atomic E-state index is 12.1. The Morgan fingerprint density at radius 2 is 1.48 bits per heavy atom. The summed E-state index contributed by atoms with van der Waals surface area (Å²) in [6.45, 7) is -0.0106. The van der Waals surface area contributed by atoms with Crippen molar-refractivity contribution in [1.29, 1.82) is 0 Å². The van der Waals surface area contributed by atoms with Gasteiger partial charge in [0.25, 0.3) is 0 Å². The Morgan fingerprint density at radius 1 is 0.839 bits per heavy atom. The van der Waals surface area contributed by atoms with Gasteiger partial charge in [-0.2, -0.15) is 0 Å². The van der Waals surface area contributed by atoms with Crippen LogP contribution in [-0.2, 0) is 20.9 Å². The highest BCUT2D eigenvalue weighted by Gasteiger charge is 2.18. The molecular formula is C24H30N2O5. The number of unbranched alkanes of at least 4 members (excludes halogenated alkanes) is 3. The molecule has 0 aliphatic rings. The molecule has 4 N–H and O–H groups in total. The summed E-state index contributed by atoms with van der Waals surface area (Å²) in [6, 6.07) is 15.5. The normalized spacial score (nSPS) is 11.6. The molecule has 7 nitrogen and oxygen atoms in total. The van der Waals surface area contributed by atoms with Crippen LogP contribution in [0.25, 0.3) is 0 Å². The number of benzene rings is 2. The number of nitrogens with one attached hydrogen (secondary N) is 2. The number of carbonyl (C=O) groups excluding carboxylic acids is 2. The second-order valence-corrected chi connectivity index (χ2v) is 7.42. The van der Waals surface area contributed by atoms with E-state index in [1.165, 1.54) is 0 Å². The number of amides is 1. The zero-order valence-corrected chi connectivity index (χ0v) is 17.5. The van der Waals surface area contributed by atoms with Crippen LogP contribution >= 0.6 is 0 Å². The monoisotopic (exact) mass is 426 g/mol. The van der Waals surface area contributed by atoms with Crippen LogP contribution in [0.2, 0.25) is 0 Å². The van der Waals surface area contributed by atoms with Crippen molar-refractivity contribution in [3.05, 3.63) is 65.7 Å². The molecule has 7 heteroatoms. The predicted octanol–water partition coefficient (Wildman–Crippen LogP) is 3.44. The van der Waals surface area contributed by atoms with Crippen LogP contribution in [0.3, 0.4) is 0 Å². The first-order chi connectivity index (χ1) is 15.0. The van der Waals surface area contributed by atoms with Crippen LogP contribution in [0.15, 0.2) is 54.6 Å². The molecule has 1 atom stereocenters. The van der Waals surface area contributed by atoms with Gasteiger partial charge in [-0.15, -0.1) is 0 Å². The van der Waals surface area contributed by atoms with E-state index in [1.54, 1.807) is 24.3 Å². The molecule has 0 radical (unpaired) electrons. The topological polar surface area (TPSA) is 116 Å². The molecule has 0 saturated carbocycles. The Labute approximate surface area is 182 Å². The van der Waals surface area contributed by atoms with Gasteiger partial charge < -0.3 is 15.5 Å². The lowest BCUT2D eigenvalue weighted by Gasteiger charge is -2.15. The molecule has 166 valence electrons. The average Bonchev–Trinajstić information content (AvgIpc) is 2.77. The first-order valence-electron chi connectivity index (χ1n) is 10.5. The number of aliphatic carboxylic acids is 1.